The molecule has 0 aromatic heterocycles. The summed E-state index contributed by atoms with van der Waals surface area (Å²) in [6.45, 7) is 3.63. The molecule has 3 heteroatoms. The maximum absolute atomic E-state index is 12.7. The Balaban J connectivity index is 3.50. The van der Waals surface area contributed by atoms with Crippen LogP contribution in [0.25, 0.3) is 0 Å². The van der Waals surface area contributed by atoms with E-state index in [0.29, 0.717) is 5.56 Å². The molecule has 2 nitrogen and oxygen atoms in total. The Labute approximate surface area is 75.7 Å². The fourth-order valence-corrected chi connectivity index (χ4v) is 1.09. The van der Waals surface area contributed by atoms with Crippen molar-refractivity contribution in [2.24, 2.45) is 0 Å². The van der Waals surface area contributed by atoms with Gasteiger partial charge in [-0.15, -0.1) is 0 Å². The summed E-state index contributed by atoms with van der Waals surface area (Å²) >= 11 is 0. The first-order chi connectivity index (χ1) is 6.02. The fraction of sp³-hybridized carbons (Fsp3) is 0.300. The summed E-state index contributed by atoms with van der Waals surface area (Å²) in [4.78, 5) is 11.3. The van der Waals surface area contributed by atoms with Crippen LogP contribution in [0.4, 0.5) is 4.39 Å². The van der Waals surface area contributed by atoms with Crippen LogP contribution in [0.5, 0.6) is 5.75 Å². The first kappa shape index (κ1) is 9.71. The van der Waals surface area contributed by atoms with Crippen molar-refractivity contribution < 1.29 is 9.50 Å². The van der Waals surface area contributed by atoms with Crippen LogP contribution in [0.1, 0.15) is 25.3 Å². The van der Waals surface area contributed by atoms with Gasteiger partial charge in [-0.25, -0.2) is 4.39 Å². The minimum atomic E-state index is -0.610. The Morgan fingerprint density at radius 3 is 2.54 bits per heavy atom. The van der Waals surface area contributed by atoms with E-state index in [-0.39, 0.29) is 5.92 Å². The molecule has 0 fully saturated rings. The summed E-state index contributed by atoms with van der Waals surface area (Å²) in [7, 11) is 0. The Morgan fingerprint density at radius 1 is 1.38 bits per heavy atom. The summed E-state index contributed by atoms with van der Waals surface area (Å²) in [5, 5.41) is 9.14. The second kappa shape index (κ2) is 3.56. The molecule has 1 aromatic carbocycles. The van der Waals surface area contributed by atoms with Crippen molar-refractivity contribution in [2.75, 3.05) is 0 Å². The Bertz CT molecular complexity index is 372. The molecule has 0 heterocycles. The van der Waals surface area contributed by atoms with Crippen molar-refractivity contribution in [3.05, 3.63) is 39.8 Å². The molecule has 13 heavy (non-hydrogen) atoms. The van der Waals surface area contributed by atoms with Gasteiger partial charge in [0.15, 0.2) is 5.75 Å². The highest BCUT2D eigenvalue weighted by atomic mass is 19.1. The quantitative estimate of drug-likeness (QED) is 0.721. The van der Waals surface area contributed by atoms with Gasteiger partial charge in [0, 0.05) is 11.6 Å². The van der Waals surface area contributed by atoms with E-state index < -0.39 is 17.0 Å². The average molecular weight is 182 g/mol. The van der Waals surface area contributed by atoms with E-state index in [2.05, 4.69) is 0 Å². The molecule has 0 spiro atoms. The van der Waals surface area contributed by atoms with Gasteiger partial charge in [0.05, 0.1) is 0 Å². The third-order valence-electron chi connectivity index (χ3n) is 1.81. The van der Waals surface area contributed by atoms with Crippen LogP contribution in [0.2, 0.25) is 0 Å². The molecule has 0 saturated carbocycles. The fourth-order valence-electron chi connectivity index (χ4n) is 1.09. The number of hydrogen-bond donors (Lipinski definition) is 1. The summed E-state index contributed by atoms with van der Waals surface area (Å²) < 4.78 is 12.7. The molecule has 0 saturated heterocycles. The molecular formula is C10H11FO2. The second-order valence-electron chi connectivity index (χ2n) is 3.19. The van der Waals surface area contributed by atoms with Crippen molar-refractivity contribution in [1.29, 1.82) is 0 Å². The number of hydrogen-bond acceptors (Lipinski definition) is 2. The lowest BCUT2D eigenvalue weighted by atomic mass is 10.1. The first-order valence-corrected chi connectivity index (χ1v) is 4.05. The van der Waals surface area contributed by atoms with Crippen LogP contribution in [-0.4, -0.2) is 5.11 Å². The van der Waals surface area contributed by atoms with E-state index in [1.54, 1.807) is 0 Å². The zero-order valence-corrected chi connectivity index (χ0v) is 7.54. The predicted molar refractivity (Wildman–Crippen MR) is 48.4 cm³/mol. The lowest BCUT2D eigenvalue weighted by Gasteiger charge is -1.99. The molecule has 0 bridgehead atoms. The van der Waals surface area contributed by atoms with Gasteiger partial charge in [0.1, 0.15) is 5.82 Å². The van der Waals surface area contributed by atoms with Crippen LogP contribution in [-0.2, 0) is 0 Å². The highest BCUT2D eigenvalue weighted by Gasteiger charge is 2.07. The van der Waals surface area contributed by atoms with Gasteiger partial charge in [0.2, 0.25) is 5.43 Å². The number of aromatic hydroxyl groups is 1. The van der Waals surface area contributed by atoms with Crippen LogP contribution >= 0.6 is 0 Å². The largest absolute Gasteiger partial charge is 0.504 e. The Hall–Kier alpha value is -1.38. The molecule has 0 unspecified atom stereocenters. The molecule has 0 aliphatic heterocycles. The van der Waals surface area contributed by atoms with Gasteiger partial charge < -0.3 is 5.11 Å². The number of halogens is 1. The molecule has 0 atom stereocenters. The second-order valence-corrected chi connectivity index (χ2v) is 3.19. The van der Waals surface area contributed by atoms with E-state index in [1.807, 2.05) is 13.8 Å². The zero-order chi connectivity index (χ0) is 10.0. The van der Waals surface area contributed by atoms with Gasteiger partial charge in [-0.2, -0.15) is 0 Å². The Kier molecular flexibility index (Phi) is 2.66. The third kappa shape index (κ3) is 2.05. The summed E-state index contributed by atoms with van der Waals surface area (Å²) in [6, 6.07) is 3.41. The smallest absolute Gasteiger partial charge is 0.223 e. The highest BCUT2D eigenvalue weighted by molar-refractivity contribution is 5.28. The lowest BCUT2D eigenvalue weighted by Crippen LogP contribution is -2.06. The van der Waals surface area contributed by atoms with E-state index in [0.717, 1.165) is 6.07 Å². The van der Waals surface area contributed by atoms with Crippen LogP contribution in [0.3, 0.4) is 0 Å². The van der Waals surface area contributed by atoms with Gasteiger partial charge in [-0.05, 0) is 12.0 Å². The normalized spacial score (nSPS) is 10.5. The third-order valence-corrected chi connectivity index (χ3v) is 1.81. The summed E-state index contributed by atoms with van der Waals surface area (Å²) in [5.41, 5.74) is -0.0831. The van der Waals surface area contributed by atoms with Crippen LogP contribution in [0, 0.1) is 5.82 Å². The molecule has 1 rings (SSSR count). The zero-order valence-electron chi connectivity index (χ0n) is 7.54. The van der Waals surface area contributed by atoms with Crippen molar-refractivity contribution in [1.82, 2.24) is 0 Å². The van der Waals surface area contributed by atoms with Crippen LogP contribution < -0.4 is 5.43 Å². The van der Waals surface area contributed by atoms with Gasteiger partial charge in [-0.1, -0.05) is 19.9 Å². The molecule has 70 valence electrons. The standard InChI is InChI=1S/C10H11FO2/c1-6(2)8-4-3-7(11)5-9(12)10(8)13/h3-6H,1-2H3,(H,12,13). The molecule has 0 radical (unpaired) electrons. The van der Waals surface area contributed by atoms with Gasteiger partial charge >= 0.3 is 0 Å². The summed E-state index contributed by atoms with van der Waals surface area (Å²) in [5.74, 6) is -1.17. The first-order valence-electron chi connectivity index (χ1n) is 4.05. The SMILES string of the molecule is CC(C)c1ccc(F)cc(O)c1=O. The molecule has 0 amide bonds. The topological polar surface area (TPSA) is 37.3 Å². The average Bonchev–Trinajstić information content (AvgIpc) is 2.13. The predicted octanol–water partition coefficient (Wildman–Crippen LogP) is 2.01. The van der Waals surface area contributed by atoms with Crippen LogP contribution in [0.15, 0.2) is 23.0 Å². The molecule has 1 aromatic rings. The lowest BCUT2D eigenvalue weighted by molar-refractivity contribution is 0.465. The van der Waals surface area contributed by atoms with Gasteiger partial charge in [0.25, 0.3) is 0 Å². The highest BCUT2D eigenvalue weighted by Crippen LogP contribution is 2.12. The molecule has 0 aliphatic carbocycles. The maximum Gasteiger partial charge on any atom is 0.223 e. The monoisotopic (exact) mass is 182 g/mol. The van der Waals surface area contributed by atoms with Crippen molar-refractivity contribution in [3.63, 3.8) is 0 Å². The minimum absolute atomic E-state index is 0.0230. The van der Waals surface area contributed by atoms with Crippen molar-refractivity contribution in [2.45, 2.75) is 19.8 Å². The van der Waals surface area contributed by atoms with E-state index in [4.69, 9.17) is 5.11 Å². The van der Waals surface area contributed by atoms with E-state index >= 15 is 0 Å². The van der Waals surface area contributed by atoms with E-state index in [9.17, 15) is 9.18 Å². The molecule has 0 aliphatic rings. The molecular weight excluding hydrogens is 171 g/mol. The maximum atomic E-state index is 12.7. The number of rotatable bonds is 1. The van der Waals surface area contributed by atoms with Gasteiger partial charge in [-0.3, -0.25) is 4.79 Å². The Morgan fingerprint density at radius 2 is 2.00 bits per heavy atom. The van der Waals surface area contributed by atoms with Crippen molar-refractivity contribution >= 4 is 0 Å². The summed E-state index contributed by atoms with van der Waals surface area (Å²) in [6.07, 6.45) is 0. The van der Waals surface area contributed by atoms with Crippen molar-refractivity contribution in [3.8, 4) is 5.75 Å². The molecule has 1 N–H and O–H groups in total. The minimum Gasteiger partial charge on any atom is -0.504 e. The van der Waals surface area contributed by atoms with E-state index in [1.165, 1.54) is 12.1 Å².